The summed E-state index contributed by atoms with van der Waals surface area (Å²) in [6.07, 6.45) is 2.91. The molecule has 7 nitrogen and oxygen atoms in total. The number of aryl methyl sites for hydroxylation is 2. The van der Waals surface area contributed by atoms with Crippen LogP contribution in [-0.4, -0.2) is 24.1 Å². The topological polar surface area (TPSA) is 107 Å². The van der Waals surface area contributed by atoms with Crippen LogP contribution in [0.2, 0.25) is 5.15 Å². The number of primary sulfonamides is 1. The highest BCUT2D eigenvalue weighted by atomic mass is 35.5. The SMILES string of the molecule is Cc1ccc(NC(=O)/C=C/c2c(C)nn(CC(C)C)c2Cl)cc1S(N)(=O)=O. The predicted octanol–water partition coefficient (Wildman–Crippen LogP) is 3.11. The van der Waals surface area contributed by atoms with Crippen molar-refractivity contribution < 1.29 is 13.2 Å². The summed E-state index contributed by atoms with van der Waals surface area (Å²) in [5.74, 6) is -0.0391. The Balaban J connectivity index is 2.18. The molecule has 0 saturated heterocycles. The second-order valence-corrected chi connectivity index (χ2v) is 8.60. The number of nitrogens with one attached hydrogen (secondary N) is 1. The zero-order valence-electron chi connectivity index (χ0n) is 15.7. The van der Waals surface area contributed by atoms with Crippen molar-refractivity contribution in [2.75, 3.05) is 5.32 Å². The standard InChI is InChI=1S/C18H23ClN4O3S/c1-11(2)10-23-18(19)15(13(4)22-23)7-8-17(24)21-14-6-5-12(3)16(9-14)27(20,25)26/h5-9,11H,10H2,1-4H3,(H,21,24)(H2,20,25,26)/b8-7+. The van der Waals surface area contributed by atoms with Gasteiger partial charge in [0.05, 0.1) is 10.6 Å². The molecule has 0 fully saturated rings. The van der Waals surface area contributed by atoms with Crippen LogP contribution in [-0.2, 0) is 21.4 Å². The Morgan fingerprint density at radius 2 is 2.04 bits per heavy atom. The number of aromatic nitrogens is 2. The molecule has 0 aliphatic heterocycles. The molecule has 1 heterocycles. The van der Waals surface area contributed by atoms with Crippen LogP contribution in [0.4, 0.5) is 5.69 Å². The third-order valence-corrected chi connectivity index (χ3v) is 5.26. The third-order valence-electron chi connectivity index (χ3n) is 3.81. The average Bonchev–Trinajstić information content (AvgIpc) is 2.79. The summed E-state index contributed by atoms with van der Waals surface area (Å²) in [6.45, 7) is 8.25. The second-order valence-electron chi connectivity index (χ2n) is 6.71. The quantitative estimate of drug-likeness (QED) is 0.713. The number of anilines is 1. The number of amides is 1. The molecule has 2 aromatic rings. The number of rotatable bonds is 6. The van der Waals surface area contributed by atoms with Crippen molar-refractivity contribution in [2.24, 2.45) is 11.1 Å². The van der Waals surface area contributed by atoms with E-state index in [1.807, 2.05) is 6.92 Å². The number of nitrogens with two attached hydrogens (primary N) is 1. The Morgan fingerprint density at radius 1 is 1.37 bits per heavy atom. The molecule has 0 aliphatic carbocycles. The molecule has 0 saturated carbocycles. The van der Waals surface area contributed by atoms with Crippen LogP contribution in [0.1, 0.15) is 30.7 Å². The Bertz CT molecular complexity index is 994. The number of benzene rings is 1. The largest absolute Gasteiger partial charge is 0.322 e. The first-order chi connectivity index (χ1) is 12.5. The Hall–Kier alpha value is -2.16. The first-order valence-electron chi connectivity index (χ1n) is 8.34. The summed E-state index contributed by atoms with van der Waals surface area (Å²) in [6, 6.07) is 4.51. The molecule has 9 heteroatoms. The van der Waals surface area contributed by atoms with E-state index in [1.165, 1.54) is 12.1 Å². The maximum absolute atomic E-state index is 12.2. The molecule has 1 amide bonds. The first-order valence-corrected chi connectivity index (χ1v) is 10.3. The summed E-state index contributed by atoms with van der Waals surface area (Å²) in [4.78, 5) is 12.2. The van der Waals surface area contributed by atoms with E-state index >= 15 is 0 Å². The highest BCUT2D eigenvalue weighted by Gasteiger charge is 2.14. The Morgan fingerprint density at radius 3 is 2.63 bits per heavy atom. The van der Waals surface area contributed by atoms with Gasteiger partial charge >= 0.3 is 0 Å². The molecule has 0 radical (unpaired) electrons. The lowest BCUT2D eigenvalue weighted by atomic mass is 10.2. The van der Waals surface area contributed by atoms with Gasteiger partial charge in [-0.3, -0.25) is 9.48 Å². The van der Waals surface area contributed by atoms with Crippen molar-refractivity contribution in [2.45, 2.75) is 39.1 Å². The van der Waals surface area contributed by atoms with Crippen molar-refractivity contribution in [1.29, 1.82) is 0 Å². The van der Waals surface area contributed by atoms with Crippen LogP contribution >= 0.6 is 11.6 Å². The van der Waals surface area contributed by atoms with Gasteiger partial charge in [-0.25, -0.2) is 13.6 Å². The lowest BCUT2D eigenvalue weighted by Gasteiger charge is -2.07. The van der Waals surface area contributed by atoms with E-state index in [0.717, 1.165) is 5.69 Å². The number of hydrogen-bond acceptors (Lipinski definition) is 4. The molecule has 0 spiro atoms. The smallest absolute Gasteiger partial charge is 0.248 e. The number of carbonyl (C=O) groups is 1. The number of sulfonamides is 1. The minimum absolute atomic E-state index is 0.0295. The van der Waals surface area contributed by atoms with Crippen LogP contribution in [0, 0.1) is 19.8 Å². The highest BCUT2D eigenvalue weighted by Crippen LogP contribution is 2.23. The van der Waals surface area contributed by atoms with Gasteiger partial charge in [0.2, 0.25) is 15.9 Å². The molecule has 0 bridgehead atoms. The van der Waals surface area contributed by atoms with E-state index in [-0.39, 0.29) is 4.90 Å². The first kappa shape index (κ1) is 21.1. The van der Waals surface area contributed by atoms with Gasteiger partial charge in [-0.1, -0.05) is 31.5 Å². The van der Waals surface area contributed by atoms with Crippen molar-refractivity contribution >= 4 is 39.3 Å². The van der Waals surface area contributed by atoms with E-state index in [1.54, 1.807) is 29.8 Å². The van der Waals surface area contributed by atoms with Gasteiger partial charge in [-0.2, -0.15) is 5.10 Å². The molecule has 0 aliphatic rings. The number of hydrogen-bond donors (Lipinski definition) is 2. The summed E-state index contributed by atoms with van der Waals surface area (Å²) < 4.78 is 24.9. The van der Waals surface area contributed by atoms with E-state index in [2.05, 4.69) is 24.3 Å². The lowest BCUT2D eigenvalue weighted by molar-refractivity contribution is -0.111. The highest BCUT2D eigenvalue weighted by molar-refractivity contribution is 7.89. The summed E-state index contributed by atoms with van der Waals surface area (Å²) in [5.41, 5.74) is 2.22. The normalized spacial score (nSPS) is 12.1. The number of carbonyl (C=O) groups excluding carboxylic acids is 1. The summed E-state index contributed by atoms with van der Waals surface area (Å²) in [5, 5.41) is 12.6. The fourth-order valence-electron chi connectivity index (χ4n) is 2.55. The number of nitrogens with zero attached hydrogens (tertiary/aromatic N) is 2. The van der Waals surface area contributed by atoms with Crippen molar-refractivity contribution in [3.05, 3.63) is 46.2 Å². The molecule has 0 atom stereocenters. The Labute approximate surface area is 164 Å². The molecule has 27 heavy (non-hydrogen) atoms. The number of halogens is 1. The summed E-state index contributed by atoms with van der Waals surface area (Å²) >= 11 is 6.34. The molecule has 2 rings (SSSR count). The average molecular weight is 411 g/mol. The van der Waals surface area contributed by atoms with Crippen LogP contribution in [0.15, 0.2) is 29.2 Å². The van der Waals surface area contributed by atoms with Gasteiger partial charge in [0, 0.05) is 23.9 Å². The van der Waals surface area contributed by atoms with Gasteiger partial charge in [0.25, 0.3) is 0 Å². The molecular weight excluding hydrogens is 388 g/mol. The molecular formula is C18H23ClN4O3S. The van der Waals surface area contributed by atoms with Crippen LogP contribution in [0.5, 0.6) is 0 Å². The van der Waals surface area contributed by atoms with Gasteiger partial charge < -0.3 is 5.32 Å². The molecule has 146 valence electrons. The zero-order chi connectivity index (χ0) is 20.4. The second kappa shape index (κ2) is 8.24. The lowest BCUT2D eigenvalue weighted by Crippen LogP contribution is -2.15. The van der Waals surface area contributed by atoms with Crippen LogP contribution in [0.3, 0.4) is 0 Å². The minimum Gasteiger partial charge on any atom is -0.322 e. The van der Waals surface area contributed by atoms with Crippen LogP contribution < -0.4 is 10.5 Å². The maximum atomic E-state index is 12.2. The van der Waals surface area contributed by atoms with Crippen molar-refractivity contribution in [1.82, 2.24) is 9.78 Å². The van der Waals surface area contributed by atoms with E-state index in [4.69, 9.17) is 16.7 Å². The van der Waals surface area contributed by atoms with Gasteiger partial charge in [0.15, 0.2) is 0 Å². The molecule has 1 aromatic carbocycles. The monoisotopic (exact) mass is 410 g/mol. The predicted molar refractivity (Wildman–Crippen MR) is 107 cm³/mol. The van der Waals surface area contributed by atoms with Gasteiger partial charge in [-0.05, 0) is 43.5 Å². The van der Waals surface area contributed by atoms with Gasteiger partial charge in [0.1, 0.15) is 5.15 Å². The van der Waals surface area contributed by atoms with Crippen molar-refractivity contribution in [3.63, 3.8) is 0 Å². The van der Waals surface area contributed by atoms with Crippen LogP contribution in [0.25, 0.3) is 6.08 Å². The maximum Gasteiger partial charge on any atom is 0.248 e. The van der Waals surface area contributed by atoms with E-state index in [9.17, 15) is 13.2 Å². The fourth-order valence-corrected chi connectivity index (χ4v) is 3.67. The third kappa shape index (κ3) is 5.41. The minimum atomic E-state index is -3.86. The summed E-state index contributed by atoms with van der Waals surface area (Å²) in [7, 11) is -3.86. The van der Waals surface area contributed by atoms with Gasteiger partial charge in [-0.15, -0.1) is 0 Å². The van der Waals surface area contributed by atoms with E-state index < -0.39 is 15.9 Å². The molecule has 1 aromatic heterocycles. The molecule has 3 N–H and O–H groups in total. The fraction of sp³-hybridized carbons (Fsp3) is 0.333. The Kier molecular flexibility index (Phi) is 6.46. The molecule has 0 unspecified atom stereocenters. The van der Waals surface area contributed by atoms with E-state index in [0.29, 0.717) is 34.4 Å². The zero-order valence-corrected chi connectivity index (χ0v) is 17.2. The van der Waals surface area contributed by atoms with Crippen molar-refractivity contribution in [3.8, 4) is 0 Å².